The first-order valence-electron chi connectivity index (χ1n) is 5.96. The highest BCUT2D eigenvalue weighted by Gasteiger charge is 2.06. The fourth-order valence-corrected chi connectivity index (χ4v) is 2.01. The standard InChI is InChI=1S/C14H17ClN2/c1-11-7-8-13(9-14(11)15)17-16-10-12-5-3-2-4-6-12/h2-3,7-10,12,17H,4-6H2,1H3/b16-10-/t12-/m0/s1. The van der Waals surface area contributed by atoms with E-state index >= 15 is 0 Å². The van der Waals surface area contributed by atoms with Crippen molar-refractivity contribution in [3.05, 3.63) is 40.9 Å². The van der Waals surface area contributed by atoms with Crippen molar-refractivity contribution < 1.29 is 0 Å². The summed E-state index contributed by atoms with van der Waals surface area (Å²) in [6, 6.07) is 5.87. The van der Waals surface area contributed by atoms with Gasteiger partial charge in [0.2, 0.25) is 0 Å². The number of hydrogen-bond acceptors (Lipinski definition) is 2. The number of aryl methyl sites for hydroxylation is 1. The molecular weight excluding hydrogens is 232 g/mol. The van der Waals surface area contributed by atoms with Crippen LogP contribution < -0.4 is 5.43 Å². The normalized spacial score (nSPS) is 19.8. The number of rotatable bonds is 3. The van der Waals surface area contributed by atoms with Gasteiger partial charge in [0.25, 0.3) is 0 Å². The zero-order valence-corrected chi connectivity index (χ0v) is 10.7. The van der Waals surface area contributed by atoms with Gasteiger partial charge in [0.1, 0.15) is 0 Å². The molecule has 2 rings (SSSR count). The van der Waals surface area contributed by atoms with Crippen molar-refractivity contribution in [2.24, 2.45) is 11.0 Å². The van der Waals surface area contributed by atoms with Crippen LogP contribution in [-0.4, -0.2) is 6.21 Å². The van der Waals surface area contributed by atoms with Crippen LogP contribution in [-0.2, 0) is 0 Å². The second kappa shape index (κ2) is 5.87. The molecule has 0 aliphatic heterocycles. The molecule has 17 heavy (non-hydrogen) atoms. The maximum absolute atomic E-state index is 6.04. The third kappa shape index (κ3) is 3.60. The van der Waals surface area contributed by atoms with E-state index in [1.807, 2.05) is 31.3 Å². The van der Waals surface area contributed by atoms with Crippen molar-refractivity contribution in [1.29, 1.82) is 0 Å². The summed E-state index contributed by atoms with van der Waals surface area (Å²) in [7, 11) is 0. The van der Waals surface area contributed by atoms with E-state index in [-0.39, 0.29) is 0 Å². The average molecular weight is 249 g/mol. The number of nitrogens with one attached hydrogen (secondary N) is 1. The fourth-order valence-electron chi connectivity index (χ4n) is 1.83. The third-order valence-corrected chi connectivity index (χ3v) is 3.37. The number of hydrogen-bond donors (Lipinski definition) is 1. The zero-order chi connectivity index (χ0) is 12.1. The maximum Gasteiger partial charge on any atom is 0.0576 e. The van der Waals surface area contributed by atoms with Gasteiger partial charge in [-0.25, -0.2) is 0 Å². The van der Waals surface area contributed by atoms with E-state index in [1.165, 1.54) is 6.42 Å². The molecule has 0 heterocycles. The summed E-state index contributed by atoms with van der Waals surface area (Å²) in [6.07, 6.45) is 9.90. The Hall–Kier alpha value is -1.28. The maximum atomic E-state index is 6.04. The average Bonchev–Trinajstić information content (AvgIpc) is 2.35. The van der Waals surface area contributed by atoms with Crippen LogP contribution in [0.4, 0.5) is 5.69 Å². The highest BCUT2D eigenvalue weighted by molar-refractivity contribution is 6.31. The van der Waals surface area contributed by atoms with Crippen LogP contribution >= 0.6 is 11.6 Å². The number of benzene rings is 1. The largest absolute Gasteiger partial charge is 0.279 e. The van der Waals surface area contributed by atoms with Crippen LogP contribution in [0.15, 0.2) is 35.5 Å². The first-order valence-corrected chi connectivity index (χ1v) is 6.34. The Balaban J connectivity index is 1.90. The van der Waals surface area contributed by atoms with Crippen LogP contribution in [0.2, 0.25) is 5.02 Å². The van der Waals surface area contributed by atoms with Crippen molar-refractivity contribution in [3.8, 4) is 0 Å². The van der Waals surface area contributed by atoms with Gasteiger partial charge >= 0.3 is 0 Å². The fraction of sp³-hybridized carbons (Fsp3) is 0.357. The van der Waals surface area contributed by atoms with Gasteiger partial charge in [-0.05, 0) is 49.8 Å². The smallest absolute Gasteiger partial charge is 0.0576 e. The van der Waals surface area contributed by atoms with E-state index in [0.29, 0.717) is 5.92 Å². The molecule has 1 aliphatic rings. The quantitative estimate of drug-likeness (QED) is 0.479. The second-order valence-electron chi connectivity index (χ2n) is 4.40. The monoisotopic (exact) mass is 248 g/mol. The molecular formula is C14H17ClN2. The number of nitrogens with zero attached hydrogens (tertiary/aromatic N) is 1. The molecule has 0 saturated heterocycles. The van der Waals surface area contributed by atoms with Gasteiger partial charge in [0.05, 0.1) is 5.69 Å². The first kappa shape index (κ1) is 12.2. The lowest BCUT2D eigenvalue weighted by atomic mass is 9.96. The Labute approximate surface area is 107 Å². The predicted octanol–water partition coefficient (Wildman–Crippen LogP) is 4.40. The highest BCUT2D eigenvalue weighted by Crippen LogP contribution is 2.20. The molecule has 1 aromatic carbocycles. The van der Waals surface area contributed by atoms with Gasteiger partial charge in [-0.1, -0.05) is 29.8 Å². The van der Waals surface area contributed by atoms with Gasteiger partial charge in [0.15, 0.2) is 0 Å². The number of allylic oxidation sites excluding steroid dienone is 2. The van der Waals surface area contributed by atoms with Crippen LogP contribution in [0.1, 0.15) is 24.8 Å². The van der Waals surface area contributed by atoms with Crippen molar-refractivity contribution in [2.45, 2.75) is 26.2 Å². The van der Waals surface area contributed by atoms with Crippen LogP contribution in [0, 0.1) is 12.8 Å². The first-order chi connectivity index (χ1) is 8.25. The number of halogens is 1. The SMILES string of the molecule is Cc1ccc(N/N=C\[C@H]2CC=CCC2)cc1Cl. The molecule has 90 valence electrons. The molecule has 0 saturated carbocycles. The zero-order valence-electron chi connectivity index (χ0n) is 9.99. The minimum absolute atomic E-state index is 0.563. The van der Waals surface area contributed by atoms with Crippen molar-refractivity contribution in [2.75, 3.05) is 5.43 Å². The van der Waals surface area contributed by atoms with Gasteiger partial charge in [-0.3, -0.25) is 5.43 Å². The summed E-state index contributed by atoms with van der Waals surface area (Å²) in [5.41, 5.74) is 5.04. The minimum atomic E-state index is 0.563. The molecule has 0 bridgehead atoms. The van der Waals surface area contributed by atoms with Crippen LogP contribution in [0.3, 0.4) is 0 Å². The number of hydrazone groups is 1. The minimum Gasteiger partial charge on any atom is -0.279 e. The van der Waals surface area contributed by atoms with E-state index in [2.05, 4.69) is 22.7 Å². The van der Waals surface area contributed by atoms with Gasteiger partial charge < -0.3 is 0 Å². The molecule has 1 aliphatic carbocycles. The lowest BCUT2D eigenvalue weighted by Gasteiger charge is -2.12. The molecule has 0 aromatic heterocycles. The molecule has 0 amide bonds. The van der Waals surface area contributed by atoms with Crippen LogP contribution in [0.25, 0.3) is 0 Å². The topological polar surface area (TPSA) is 24.4 Å². The highest BCUT2D eigenvalue weighted by atomic mass is 35.5. The van der Waals surface area contributed by atoms with E-state index < -0.39 is 0 Å². The van der Waals surface area contributed by atoms with Crippen molar-refractivity contribution >= 4 is 23.5 Å². The Bertz CT molecular complexity index is 438. The molecule has 2 nitrogen and oxygen atoms in total. The van der Waals surface area contributed by atoms with E-state index in [4.69, 9.17) is 11.6 Å². The van der Waals surface area contributed by atoms with Crippen LogP contribution in [0.5, 0.6) is 0 Å². The Morgan fingerprint density at radius 3 is 3.00 bits per heavy atom. The molecule has 0 spiro atoms. The van der Waals surface area contributed by atoms with E-state index in [1.54, 1.807) is 0 Å². The lowest BCUT2D eigenvalue weighted by molar-refractivity contribution is 0.627. The summed E-state index contributed by atoms with van der Waals surface area (Å²) in [5, 5.41) is 5.04. The van der Waals surface area contributed by atoms with Crippen molar-refractivity contribution in [3.63, 3.8) is 0 Å². The van der Waals surface area contributed by atoms with E-state index in [9.17, 15) is 0 Å². The summed E-state index contributed by atoms with van der Waals surface area (Å²) in [4.78, 5) is 0. The second-order valence-corrected chi connectivity index (χ2v) is 4.81. The number of anilines is 1. The summed E-state index contributed by atoms with van der Waals surface area (Å²) in [6.45, 7) is 1.99. The van der Waals surface area contributed by atoms with Gasteiger partial charge in [-0.15, -0.1) is 0 Å². The lowest BCUT2D eigenvalue weighted by Crippen LogP contribution is -2.05. The molecule has 1 aromatic rings. The van der Waals surface area contributed by atoms with Gasteiger partial charge in [0, 0.05) is 11.2 Å². The Kier molecular flexibility index (Phi) is 4.21. The van der Waals surface area contributed by atoms with Gasteiger partial charge in [-0.2, -0.15) is 5.10 Å². The Morgan fingerprint density at radius 1 is 1.41 bits per heavy atom. The summed E-state index contributed by atoms with van der Waals surface area (Å²) >= 11 is 6.04. The summed E-state index contributed by atoms with van der Waals surface area (Å²) in [5.74, 6) is 0.563. The summed E-state index contributed by atoms with van der Waals surface area (Å²) < 4.78 is 0. The van der Waals surface area contributed by atoms with E-state index in [0.717, 1.165) is 29.1 Å². The van der Waals surface area contributed by atoms with Crippen molar-refractivity contribution in [1.82, 2.24) is 0 Å². The molecule has 1 atom stereocenters. The molecule has 3 heteroatoms. The molecule has 1 N–H and O–H groups in total. The molecule has 0 fully saturated rings. The predicted molar refractivity (Wildman–Crippen MR) is 74.8 cm³/mol. The molecule has 0 unspecified atom stereocenters. The Morgan fingerprint density at radius 2 is 2.29 bits per heavy atom. The molecule has 0 radical (unpaired) electrons. The third-order valence-electron chi connectivity index (χ3n) is 2.96.